The van der Waals surface area contributed by atoms with Crippen LogP contribution in [0.25, 0.3) is 0 Å². The molecule has 6 heteroatoms. The van der Waals surface area contributed by atoms with Crippen molar-refractivity contribution in [1.29, 1.82) is 0 Å². The van der Waals surface area contributed by atoms with E-state index in [4.69, 9.17) is 9.47 Å². The van der Waals surface area contributed by atoms with Gasteiger partial charge in [-0.15, -0.1) is 0 Å². The Kier molecular flexibility index (Phi) is 2.94. The molecule has 0 radical (unpaired) electrons. The highest BCUT2D eigenvalue weighted by molar-refractivity contribution is 8.04. The molecule has 0 aromatic heterocycles. The van der Waals surface area contributed by atoms with E-state index in [2.05, 4.69) is 0 Å². The van der Waals surface area contributed by atoms with Crippen molar-refractivity contribution in [1.82, 2.24) is 0 Å². The maximum Gasteiger partial charge on any atom is 0.377 e. The van der Waals surface area contributed by atoms with E-state index < -0.39 is 5.97 Å². The topological polar surface area (TPSA) is 55.8 Å². The van der Waals surface area contributed by atoms with Gasteiger partial charge in [0, 0.05) is 0 Å². The van der Waals surface area contributed by atoms with Gasteiger partial charge in [-0.1, -0.05) is 23.9 Å². The first-order valence-electron chi connectivity index (χ1n) is 5.86. The van der Waals surface area contributed by atoms with Gasteiger partial charge in [0.25, 0.3) is 0 Å². The predicted octanol–water partition coefficient (Wildman–Crippen LogP) is 1.89. The fourth-order valence-corrected chi connectivity index (χ4v) is 2.97. The second kappa shape index (κ2) is 4.62. The molecule has 0 unspecified atom stereocenters. The summed E-state index contributed by atoms with van der Waals surface area (Å²) in [6.45, 7) is 1.99. The maximum atomic E-state index is 12.0. The Morgan fingerprint density at radius 1 is 1.47 bits per heavy atom. The Bertz CT molecular complexity index is 596. The molecule has 1 aromatic rings. The lowest BCUT2D eigenvalue weighted by Gasteiger charge is -2.26. The predicted molar refractivity (Wildman–Crippen MR) is 70.7 cm³/mol. The monoisotopic (exact) mass is 277 g/mol. The summed E-state index contributed by atoms with van der Waals surface area (Å²) in [5, 5.41) is 0.516. The molecule has 1 amide bonds. The van der Waals surface area contributed by atoms with Gasteiger partial charge >= 0.3 is 5.97 Å². The molecule has 0 aliphatic carbocycles. The molecular weight excluding hydrogens is 266 g/mol. The van der Waals surface area contributed by atoms with Crippen LogP contribution in [0.15, 0.2) is 35.1 Å². The summed E-state index contributed by atoms with van der Waals surface area (Å²) in [5.74, 6) is 0.286. The zero-order valence-electron chi connectivity index (χ0n) is 10.2. The zero-order chi connectivity index (χ0) is 13.4. The van der Waals surface area contributed by atoms with Gasteiger partial charge in [0.2, 0.25) is 11.7 Å². The normalized spacial score (nSPS) is 16.9. The largest absolute Gasteiger partial charge is 0.460 e. The van der Waals surface area contributed by atoms with E-state index in [1.54, 1.807) is 25.1 Å². The summed E-state index contributed by atoms with van der Waals surface area (Å²) in [5.41, 5.74) is 0.667. The van der Waals surface area contributed by atoms with Crippen molar-refractivity contribution in [2.24, 2.45) is 0 Å². The molecule has 2 aliphatic heterocycles. The van der Waals surface area contributed by atoms with E-state index in [0.29, 0.717) is 22.2 Å². The number of nitrogens with zero attached hydrogens (tertiary/aromatic N) is 1. The number of ether oxygens (including phenoxy) is 2. The van der Waals surface area contributed by atoms with Crippen LogP contribution in [-0.4, -0.2) is 24.2 Å². The SMILES string of the molecule is CCOC(=O)C1=C2SCC(=O)N2c2ccccc2O1. The van der Waals surface area contributed by atoms with Crippen LogP contribution < -0.4 is 9.64 Å². The highest BCUT2D eigenvalue weighted by Crippen LogP contribution is 2.45. The number of carbonyl (C=O) groups is 2. The third-order valence-corrected chi connectivity index (χ3v) is 3.79. The Morgan fingerprint density at radius 2 is 2.26 bits per heavy atom. The molecule has 1 fully saturated rings. The lowest BCUT2D eigenvalue weighted by Crippen LogP contribution is -2.31. The van der Waals surface area contributed by atoms with E-state index in [-0.39, 0.29) is 18.3 Å². The molecule has 2 heterocycles. The van der Waals surface area contributed by atoms with Crippen LogP contribution in [0.4, 0.5) is 5.69 Å². The Balaban J connectivity index is 2.09. The number of thioether (sulfide) groups is 1. The van der Waals surface area contributed by atoms with Gasteiger partial charge in [-0.2, -0.15) is 0 Å². The quantitative estimate of drug-likeness (QED) is 0.773. The average Bonchev–Trinajstić information content (AvgIpc) is 2.81. The van der Waals surface area contributed by atoms with E-state index >= 15 is 0 Å². The third kappa shape index (κ3) is 1.88. The first-order valence-corrected chi connectivity index (χ1v) is 6.85. The molecule has 0 bridgehead atoms. The second-order valence-corrected chi connectivity index (χ2v) is 4.91. The molecule has 1 aromatic carbocycles. The van der Waals surface area contributed by atoms with Crippen molar-refractivity contribution in [3.05, 3.63) is 35.1 Å². The van der Waals surface area contributed by atoms with Crippen molar-refractivity contribution in [2.45, 2.75) is 6.92 Å². The minimum atomic E-state index is -0.542. The number of benzene rings is 1. The number of rotatable bonds is 2. The minimum absolute atomic E-state index is 0.0578. The standard InChI is InChI=1S/C13H11NO4S/c1-2-17-13(16)11-12-14(10(15)7-19-12)8-5-3-4-6-9(8)18-11/h3-6H,2,7H2,1H3. The second-order valence-electron chi connectivity index (χ2n) is 3.94. The van der Waals surface area contributed by atoms with Crippen LogP contribution in [0.5, 0.6) is 5.75 Å². The number of esters is 1. The summed E-state index contributed by atoms with van der Waals surface area (Å²) in [6.07, 6.45) is 0. The lowest BCUT2D eigenvalue weighted by molar-refractivity contribution is -0.141. The van der Waals surface area contributed by atoms with Crippen molar-refractivity contribution >= 4 is 29.3 Å². The fourth-order valence-electron chi connectivity index (χ4n) is 1.99. The van der Waals surface area contributed by atoms with Gasteiger partial charge in [0.05, 0.1) is 18.0 Å². The van der Waals surface area contributed by atoms with Gasteiger partial charge < -0.3 is 9.47 Å². The highest BCUT2D eigenvalue weighted by Gasteiger charge is 2.39. The average molecular weight is 277 g/mol. The first-order chi connectivity index (χ1) is 9.22. The van der Waals surface area contributed by atoms with E-state index in [1.165, 1.54) is 16.7 Å². The molecular formula is C13H11NO4S. The van der Waals surface area contributed by atoms with Gasteiger partial charge in [-0.3, -0.25) is 9.69 Å². The molecule has 0 N–H and O–H groups in total. The van der Waals surface area contributed by atoms with Crippen molar-refractivity contribution in [3.63, 3.8) is 0 Å². The molecule has 0 saturated carbocycles. The maximum absolute atomic E-state index is 12.0. The van der Waals surface area contributed by atoms with E-state index in [9.17, 15) is 9.59 Å². The molecule has 98 valence electrons. The number of carbonyl (C=O) groups excluding carboxylic acids is 2. The van der Waals surface area contributed by atoms with Gasteiger partial charge in [0.15, 0.2) is 5.75 Å². The molecule has 19 heavy (non-hydrogen) atoms. The summed E-state index contributed by atoms with van der Waals surface area (Å²) in [6, 6.07) is 7.13. The summed E-state index contributed by atoms with van der Waals surface area (Å²) < 4.78 is 10.6. The Labute approximate surface area is 114 Å². The number of hydrogen-bond acceptors (Lipinski definition) is 5. The van der Waals surface area contributed by atoms with Crippen LogP contribution in [0, 0.1) is 0 Å². The van der Waals surface area contributed by atoms with Gasteiger partial charge in [-0.05, 0) is 19.1 Å². The molecule has 2 aliphatic rings. The van der Waals surface area contributed by atoms with Crippen LogP contribution in [0.2, 0.25) is 0 Å². The van der Waals surface area contributed by atoms with Crippen LogP contribution in [-0.2, 0) is 14.3 Å². The summed E-state index contributed by atoms with van der Waals surface area (Å²) in [7, 11) is 0. The van der Waals surface area contributed by atoms with Crippen LogP contribution in [0.3, 0.4) is 0 Å². The minimum Gasteiger partial charge on any atom is -0.460 e. The number of para-hydroxylation sites is 2. The van der Waals surface area contributed by atoms with E-state index in [0.717, 1.165) is 0 Å². The summed E-state index contributed by atoms with van der Waals surface area (Å²) in [4.78, 5) is 25.4. The van der Waals surface area contributed by atoms with Crippen molar-refractivity contribution in [3.8, 4) is 5.75 Å². The van der Waals surface area contributed by atoms with Crippen LogP contribution in [0.1, 0.15) is 6.92 Å². The number of fused-ring (bicyclic) bond motifs is 3. The Morgan fingerprint density at radius 3 is 3.05 bits per heavy atom. The Hall–Kier alpha value is -1.95. The molecule has 5 nitrogen and oxygen atoms in total. The fraction of sp³-hybridized carbons (Fsp3) is 0.231. The molecule has 1 saturated heterocycles. The number of amides is 1. The smallest absolute Gasteiger partial charge is 0.377 e. The first kappa shape index (κ1) is 12.1. The van der Waals surface area contributed by atoms with Crippen molar-refractivity contribution in [2.75, 3.05) is 17.3 Å². The zero-order valence-corrected chi connectivity index (χ0v) is 11.0. The molecule has 0 spiro atoms. The van der Waals surface area contributed by atoms with Crippen molar-refractivity contribution < 1.29 is 19.1 Å². The molecule has 0 atom stereocenters. The van der Waals surface area contributed by atoms with E-state index in [1.807, 2.05) is 6.07 Å². The number of hydrogen-bond donors (Lipinski definition) is 0. The summed E-state index contributed by atoms with van der Waals surface area (Å²) >= 11 is 1.29. The van der Waals surface area contributed by atoms with Crippen LogP contribution >= 0.6 is 11.8 Å². The lowest BCUT2D eigenvalue weighted by atomic mass is 10.2. The van der Waals surface area contributed by atoms with Gasteiger partial charge in [0.1, 0.15) is 5.03 Å². The number of anilines is 1. The molecule has 3 rings (SSSR count). The third-order valence-electron chi connectivity index (χ3n) is 2.76. The highest BCUT2D eigenvalue weighted by atomic mass is 32.2. The van der Waals surface area contributed by atoms with Gasteiger partial charge in [-0.25, -0.2) is 4.79 Å².